The van der Waals surface area contributed by atoms with Crippen molar-refractivity contribution in [2.75, 3.05) is 5.73 Å². The van der Waals surface area contributed by atoms with Gasteiger partial charge >= 0.3 is 0 Å². The average molecular weight is 287 g/mol. The molecular formula is C9H10IN3. The Morgan fingerprint density at radius 3 is 2.85 bits per heavy atom. The SMILES string of the molecule is Cc1cc(I)c2nc(C)c(N)n2c1. The summed E-state index contributed by atoms with van der Waals surface area (Å²) in [6, 6.07) is 2.10. The van der Waals surface area contributed by atoms with Gasteiger partial charge in [0.1, 0.15) is 5.82 Å². The van der Waals surface area contributed by atoms with E-state index in [1.807, 2.05) is 17.5 Å². The van der Waals surface area contributed by atoms with Gasteiger partial charge < -0.3 is 5.73 Å². The zero-order valence-corrected chi connectivity index (χ0v) is 9.66. The van der Waals surface area contributed by atoms with Crippen molar-refractivity contribution in [3.63, 3.8) is 0 Å². The van der Waals surface area contributed by atoms with E-state index in [0.717, 1.165) is 20.7 Å². The van der Waals surface area contributed by atoms with Crippen LogP contribution in [0.1, 0.15) is 11.3 Å². The van der Waals surface area contributed by atoms with Crippen molar-refractivity contribution in [1.29, 1.82) is 0 Å². The lowest BCUT2D eigenvalue weighted by Crippen LogP contribution is -1.95. The summed E-state index contributed by atoms with van der Waals surface area (Å²) >= 11 is 2.27. The Balaban J connectivity index is 2.94. The van der Waals surface area contributed by atoms with Gasteiger partial charge in [0.05, 0.1) is 9.26 Å². The third kappa shape index (κ3) is 1.29. The molecule has 2 rings (SSSR count). The molecule has 0 aliphatic heterocycles. The van der Waals surface area contributed by atoms with Gasteiger partial charge in [-0.25, -0.2) is 4.98 Å². The molecule has 0 amide bonds. The molecule has 0 unspecified atom stereocenters. The number of nitrogen functional groups attached to an aromatic ring is 1. The van der Waals surface area contributed by atoms with E-state index in [1.54, 1.807) is 0 Å². The number of pyridine rings is 1. The van der Waals surface area contributed by atoms with Gasteiger partial charge in [-0.15, -0.1) is 0 Å². The van der Waals surface area contributed by atoms with E-state index in [9.17, 15) is 0 Å². The molecule has 0 atom stereocenters. The van der Waals surface area contributed by atoms with Gasteiger partial charge in [-0.2, -0.15) is 0 Å². The first kappa shape index (κ1) is 8.80. The molecule has 0 saturated heterocycles. The fourth-order valence-corrected chi connectivity index (χ4v) is 2.23. The number of fused-ring (bicyclic) bond motifs is 1. The Kier molecular flexibility index (Phi) is 1.94. The topological polar surface area (TPSA) is 43.3 Å². The van der Waals surface area contributed by atoms with Crippen molar-refractivity contribution >= 4 is 34.1 Å². The molecule has 68 valence electrons. The molecule has 0 spiro atoms. The van der Waals surface area contributed by atoms with Crippen LogP contribution < -0.4 is 5.73 Å². The molecule has 0 radical (unpaired) electrons. The number of rotatable bonds is 0. The highest BCUT2D eigenvalue weighted by Gasteiger charge is 2.07. The van der Waals surface area contributed by atoms with Gasteiger partial charge in [0.15, 0.2) is 5.65 Å². The van der Waals surface area contributed by atoms with Crippen molar-refractivity contribution in [1.82, 2.24) is 9.38 Å². The van der Waals surface area contributed by atoms with Crippen molar-refractivity contribution in [3.05, 3.63) is 27.1 Å². The number of nitrogens with zero attached hydrogens (tertiary/aromatic N) is 2. The maximum atomic E-state index is 5.87. The van der Waals surface area contributed by atoms with Gasteiger partial charge in [-0.1, -0.05) is 0 Å². The lowest BCUT2D eigenvalue weighted by molar-refractivity contribution is 1.15. The van der Waals surface area contributed by atoms with Crippen molar-refractivity contribution in [2.24, 2.45) is 0 Å². The lowest BCUT2D eigenvalue weighted by atomic mass is 10.3. The van der Waals surface area contributed by atoms with Crippen LogP contribution >= 0.6 is 22.6 Å². The number of halogens is 1. The largest absolute Gasteiger partial charge is 0.383 e. The molecule has 4 heteroatoms. The Hall–Kier alpha value is -0.780. The first-order chi connectivity index (χ1) is 6.09. The van der Waals surface area contributed by atoms with Gasteiger partial charge in [0, 0.05) is 6.20 Å². The fraction of sp³-hybridized carbons (Fsp3) is 0.222. The number of aryl methyl sites for hydroxylation is 2. The molecule has 0 aliphatic carbocycles. The highest BCUT2D eigenvalue weighted by Crippen LogP contribution is 2.20. The second-order valence-corrected chi connectivity index (χ2v) is 4.30. The van der Waals surface area contributed by atoms with E-state index in [-0.39, 0.29) is 0 Å². The summed E-state index contributed by atoms with van der Waals surface area (Å²) in [5.74, 6) is 0.733. The van der Waals surface area contributed by atoms with Crippen LogP contribution in [-0.2, 0) is 0 Å². The van der Waals surface area contributed by atoms with Gasteiger partial charge in [-0.3, -0.25) is 4.40 Å². The minimum Gasteiger partial charge on any atom is -0.383 e. The quantitative estimate of drug-likeness (QED) is 0.754. The van der Waals surface area contributed by atoms with Crippen LogP contribution in [0.15, 0.2) is 12.3 Å². The number of imidazole rings is 1. The van der Waals surface area contributed by atoms with Crippen molar-refractivity contribution < 1.29 is 0 Å². The summed E-state index contributed by atoms with van der Waals surface area (Å²) in [6.45, 7) is 3.98. The standard InChI is InChI=1S/C9H10IN3/c1-5-3-7(10)9-12-6(2)8(11)13(9)4-5/h3-4H,11H2,1-2H3. The summed E-state index contributed by atoms with van der Waals surface area (Å²) in [4.78, 5) is 4.38. The van der Waals surface area contributed by atoms with E-state index >= 15 is 0 Å². The Bertz CT molecular complexity index is 473. The highest BCUT2D eigenvalue weighted by atomic mass is 127. The summed E-state index contributed by atoms with van der Waals surface area (Å²) in [5.41, 5.74) is 8.91. The number of hydrogen-bond donors (Lipinski definition) is 1. The van der Waals surface area contributed by atoms with Crippen LogP contribution in [0, 0.1) is 17.4 Å². The van der Waals surface area contributed by atoms with E-state index in [4.69, 9.17) is 5.73 Å². The number of anilines is 1. The monoisotopic (exact) mass is 287 g/mol. The maximum absolute atomic E-state index is 5.87. The number of nitrogens with two attached hydrogens (primary N) is 1. The number of aromatic nitrogens is 2. The summed E-state index contributed by atoms with van der Waals surface area (Å²) in [5, 5.41) is 0. The molecule has 2 heterocycles. The first-order valence-corrected chi connectivity index (χ1v) is 5.08. The van der Waals surface area contributed by atoms with Gasteiger partial charge in [-0.05, 0) is 48.1 Å². The third-order valence-electron chi connectivity index (χ3n) is 2.03. The molecule has 0 aromatic carbocycles. The van der Waals surface area contributed by atoms with E-state index < -0.39 is 0 Å². The average Bonchev–Trinajstić information content (AvgIpc) is 2.32. The maximum Gasteiger partial charge on any atom is 0.152 e. The first-order valence-electron chi connectivity index (χ1n) is 4.00. The zero-order valence-electron chi connectivity index (χ0n) is 7.50. The molecular weight excluding hydrogens is 277 g/mol. The van der Waals surface area contributed by atoms with Crippen LogP contribution in [0.4, 0.5) is 5.82 Å². The Morgan fingerprint density at radius 1 is 1.46 bits per heavy atom. The molecule has 13 heavy (non-hydrogen) atoms. The summed E-state index contributed by atoms with van der Waals surface area (Å²) < 4.78 is 3.07. The highest BCUT2D eigenvalue weighted by molar-refractivity contribution is 14.1. The molecule has 2 N–H and O–H groups in total. The molecule has 0 bridgehead atoms. The van der Waals surface area contributed by atoms with Crippen LogP contribution in [0.3, 0.4) is 0 Å². The van der Waals surface area contributed by atoms with Crippen molar-refractivity contribution in [2.45, 2.75) is 13.8 Å². The normalized spacial score (nSPS) is 11.0. The summed E-state index contributed by atoms with van der Waals surface area (Å²) in [7, 11) is 0. The third-order valence-corrected chi connectivity index (χ3v) is 2.83. The Morgan fingerprint density at radius 2 is 2.15 bits per heavy atom. The zero-order chi connectivity index (χ0) is 9.59. The predicted octanol–water partition coefficient (Wildman–Crippen LogP) is 2.14. The van der Waals surface area contributed by atoms with Gasteiger partial charge in [0.25, 0.3) is 0 Å². The summed E-state index contributed by atoms with van der Waals surface area (Å²) in [6.07, 6.45) is 2.01. The fourth-order valence-electron chi connectivity index (χ4n) is 1.36. The van der Waals surface area contributed by atoms with Gasteiger partial charge in [0.2, 0.25) is 0 Å². The molecule has 0 aliphatic rings. The van der Waals surface area contributed by atoms with E-state index in [2.05, 4.69) is 40.6 Å². The molecule has 2 aromatic rings. The Labute approximate surface area is 90.1 Å². The second kappa shape index (κ2) is 2.87. The molecule has 0 saturated carbocycles. The second-order valence-electron chi connectivity index (χ2n) is 3.14. The van der Waals surface area contributed by atoms with Crippen LogP contribution in [-0.4, -0.2) is 9.38 Å². The van der Waals surface area contributed by atoms with Crippen LogP contribution in [0.5, 0.6) is 0 Å². The number of hydrogen-bond acceptors (Lipinski definition) is 2. The van der Waals surface area contributed by atoms with Crippen LogP contribution in [0.2, 0.25) is 0 Å². The van der Waals surface area contributed by atoms with Crippen LogP contribution in [0.25, 0.3) is 5.65 Å². The smallest absolute Gasteiger partial charge is 0.152 e. The molecule has 2 aromatic heterocycles. The molecule has 0 fully saturated rings. The molecule has 3 nitrogen and oxygen atoms in total. The minimum atomic E-state index is 0.733. The van der Waals surface area contributed by atoms with Crippen molar-refractivity contribution in [3.8, 4) is 0 Å². The van der Waals surface area contributed by atoms with E-state index in [1.165, 1.54) is 5.56 Å². The lowest BCUT2D eigenvalue weighted by Gasteiger charge is -2.00. The predicted molar refractivity (Wildman–Crippen MR) is 61.8 cm³/mol. The minimum absolute atomic E-state index is 0.733. The van der Waals surface area contributed by atoms with E-state index in [0.29, 0.717) is 0 Å².